The molecule has 0 unspecified atom stereocenters. The van der Waals surface area contributed by atoms with Crippen molar-refractivity contribution in [2.45, 2.75) is 51.4 Å². The van der Waals surface area contributed by atoms with Gasteiger partial charge in [-0.05, 0) is 66.8 Å². The van der Waals surface area contributed by atoms with Gasteiger partial charge in [0.1, 0.15) is 0 Å². The van der Waals surface area contributed by atoms with E-state index in [1.807, 2.05) is 103 Å². The highest BCUT2D eigenvalue weighted by molar-refractivity contribution is 6.02. The van der Waals surface area contributed by atoms with Crippen molar-refractivity contribution >= 4 is 11.6 Å². The lowest BCUT2D eigenvalue weighted by Gasteiger charge is -2.16. The van der Waals surface area contributed by atoms with Crippen LogP contribution < -0.4 is 0 Å². The van der Waals surface area contributed by atoms with Crippen LogP contribution in [-0.4, -0.2) is 16.6 Å². The van der Waals surface area contributed by atoms with Gasteiger partial charge in [0, 0.05) is 24.0 Å². The van der Waals surface area contributed by atoms with E-state index >= 15 is 0 Å². The van der Waals surface area contributed by atoms with E-state index in [1.54, 1.807) is 0 Å². The predicted molar refractivity (Wildman–Crippen MR) is 170 cm³/mol. The Kier molecular flexibility index (Phi) is 10.2. The molecule has 1 aromatic heterocycles. The Balaban J connectivity index is 1.46. The van der Waals surface area contributed by atoms with Crippen molar-refractivity contribution in [1.82, 2.24) is 4.98 Å². The molecule has 5 rings (SSSR count). The van der Waals surface area contributed by atoms with Crippen LogP contribution in [0, 0.1) is 0 Å². The molecule has 0 radical (unpaired) electrons. The van der Waals surface area contributed by atoms with Crippen molar-refractivity contribution in [3.8, 4) is 0 Å². The van der Waals surface area contributed by atoms with Crippen molar-refractivity contribution in [3.05, 3.63) is 172 Å². The summed E-state index contributed by atoms with van der Waals surface area (Å²) in [5.74, 6) is 0.0854. The van der Waals surface area contributed by atoms with Crippen LogP contribution in [0.5, 0.6) is 0 Å². The third-order valence-electron chi connectivity index (χ3n) is 7.73. The monoisotopic (exact) mass is 551 g/mol. The second kappa shape index (κ2) is 14.8. The number of ketones is 2. The van der Waals surface area contributed by atoms with Crippen molar-refractivity contribution in [3.63, 3.8) is 0 Å². The molecule has 1 heterocycles. The van der Waals surface area contributed by atoms with Gasteiger partial charge < -0.3 is 0 Å². The first kappa shape index (κ1) is 28.9. The number of aryl methyl sites for hydroxylation is 6. The molecule has 0 N–H and O–H groups in total. The van der Waals surface area contributed by atoms with E-state index in [9.17, 15) is 9.59 Å². The summed E-state index contributed by atoms with van der Waals surface area (Å²) in [6, 6.07) is 42.6. The quantitative estimate of drug-likeness (QED) is 0.130. The molecular weight excluding hydrogens is 514 g/mol. The zero-order chi connectivity index (χ0) is 29.0. The number of hydrogen-bond donors (Lipinski definition) is 0. The van der Waals surface area contributed by atoms with Crippen LogP contribution >= 0.6 is 0 Å². The van der Waals surface area contributed by atoms with Gasteiger partial charge in [0.25, 0.3) is 0 Å². The van der Waals surface area contributed by atoms with Crippen molar-refractivity contribution in [1.29, 1.82) is 0 Å². The van der Waals surface area contributed by atoms with E-state index in [4.69, 9.17) is 4.98 Å². The van der Waals surface area contributed by atoms with Gasteiger partial charge in [0.15, 0.2) is 11.6 Å². The first-order valence-electron chi connectivity index (χ1n) is 14.9. The molecule has 210 valence electrons. The molecule has 0 aliphatic rings. The number of hydrogen-bond acceptors (Lipinski definition) is 3. The molecule has 0 saturated heterocycles. The van der Waals surface area contributed by atoms with Crippen LogP contribution in [0.25, 0.3) is 0 Å². The molecule has 0 aliphatic carbocycles. The summed E-state index contributed by atoms with van der Waals surface area (Å²) in [6.45, 7) is 0. The van der Waals surface area contributed by atoms with Crippen molar-refractivity contribution < 1.29 is 9.59 Å². The number of carbonyl (C=O) groups excluding carboxylic acids is 2. The molecular formula is C39H37NO2. The normalized spacial score (nSPS) is 10.9. The SMILES string of the molecule is O=C(CCc1ccccc1)c1cc(C(=O)CCc2ccccc2)c(CCc2ccccc2)nc1CCc1ccccc1. The molecule has 4 aromatic carbocycles. The molecule has 5 aromatic rings. The first-order valence-corrected chi connectivity index (χ1v) is 14.9. The second-order valence-electron chi connectivity index (χ2n) is 10.8. The Labute approximate surface area is 249 Å². The highest BCUT2D eigenvalue weighted by atomic mass is 16.1. The average molecular weight is 552 g/mol. The Morgan fingerprint density at radius 1 is 0.405 bits per heavy atom. The highest BCUT2D eigenvalue weighted by Crippen LogP contribution is 2.22. The number of nitrogens with zero attached hydrogens (tertiary/aromatic N) is 1. The highest BCUT2D eigenvalue weighted by Gasteiger charge is 2.21. The van der Waals surface area contributed by atoms with Gasteiger partial charge in [0.05, 0.1) is 11.4 Å². The Morgan fingerprint density at radius 2 is 0.714 bits per heavy atom. The van der Waals surface area contributed by atoms with E-state index in [1.165, 1.54) is 11.1 Å². The Bertz CT molecular complexity index is 1460. The van der Waals surface area contributed by atoms with Gasteiger partial charge in [-0.2, -0.15) is 0 Å². The number of pyridine rings is 1. The minimum Gasteiger partial charge on any atom is -0.294 e. The zero-order valence-electron chi connectivity index (χ0n) is 24.0. The van der Waals surface area contributed by atoms with Crippen LogP contribution in [0.2, 0.25) is 0 Å². The van der Waals surface area contributed by atoms with Crippen LogP contribution in [0.15, 0.2) is 127 Å². The van der Waals surface area contributed by atoms with Gasteiger partial charge in [-0.1, -0.05) is 121 Å². The second-order valence-corrected chi connectivity index (χ2v) is 10.8. The van der Waals surface area contributed by atoms with Crippen LogP contribution in [0.3, 0.4) is 0 Å². The smallest absolute Gasteiger partial charge is 0.165 e. The fraction of sp³-hybridized carbons (Fsp3) is 0.205. The third-order valence-corrected chi connectivity index (χ3v) is 7.73. The van der Waals surface area contributed by atoms with Crippen LogP contribution in [0.4, 0.5) is 0 Å². The first-order chi connectivity index (χ1) is 20.7. The molecule has 0 amide bonds. The largest absolute Gasteiger partial charge is 0.294 e. The molecule has 0 saturated carbocycles. The molecule has 0 fully saturated rings. The van der Waals surface area contributed by atoms with Crippen LogP contribution in [-0.2, 0) is 38.5 Å². The number of benzene rings is 4. The van der Waals surface area contributed by atoms with E-state index < -0.39 is 0 Å². The summed E-state index contributed by atoms with van der Waals surface area (Å²) in [5, 5.41) is 0. The van der Waals surface area contributed by atoms with E-state index in [2.05, 4.69) is 24.3 Å². The van der Waals surface area contributed by atoms with Crippen molar-refractivity contribution in [2.24, 2.45) is 0 Å². The minimum absolute atomic E-state index is 0.0427. The maximum atomic E-state index is 13.7. The number of aromatic nitrogens is 1. The molecule has 0 spiro atoms. The van der Waals surface area contributed by atoms with Crippen LogP contribution in [0.1, 0.15) is 67.2 Å². The molecule has 0 atom stereocenters. The molecule has 42 heavy (non-hydrogen) atoms. The standard InChI is InChI=1S/C39H37NO2/c41-38(27-23-32-17-9-3-10-18-32)34-29-35(39(42)28-24-33-19-11-4-12-20-33)37(26-22-31-15-7-2-8-16-31)40-36(34)25-21-30-13-5-1-6-14-30/h1-20,29H,21-28H2. The lowest BCUT2D eigenvalue weighted by Crippen LogP contribution is -2.16. The summed E-state index contributed by atoms with van der Waals surface area (Å²) >= 11 is 0. The minimum atomic E-state index is 0.0427. The summed E-state index contributed by atoms with van der Waals surface area (Å²) in [6.07, 6.45) is 4.94. The van der Waals surface area contributed by atoms with E-state index in [0.717, 1.165) is 35.4 Å². The lowest BCUT2D eigenvalue weighted by molar-refractivity contribution is 0.0981. The lowest BCUT2D eigenvalue weighted by atomic mass is 9.92. The van der Waals surface area contributed by atoms with Gasteiger partial charge in [-0.3, -0.25) is 14.6 Å². The van der Waals surface area contributed by atoms with Gasteiger partial charge in [0.2, 0.25) is 0 Å². The topological polar surface area (TPSA) is 47.0 Å². The van der Waals surface area contributed by atoms with E-state index in [-0.39, 0.29) is 11.6 Å². The van der Waals surface area contributed by atoms with Gasteiger partial charge in [-0.25, -0.2) is 0 Å². The van der Waals surface area contributed by atoms with Crippen molar-refractivity contribution in [2.75, 3.05) is 0 Å². The summed E-state index contributed by atoms with van der Waals surface area (Å²) < 4.78 is 0. The summed E-state index contributed by atoms with van der Waals surface area (Å²) in [7, 11) is 0. The maximum absolute atomic E-state index is 13.7. The fourth-order valence-corrected chi connectivity index (χ4v) is 5.35. The maximum Gasteiger partial charge on any atom is 0.165 e. The fourth-order valence-electron chi connectivity index (χ4n) is 5.35. The molecule has 3 nitrogen and oxygen atoms in total. The predicted octanol–water partition coefficient (Wildman–Crippen LogP) is 8.28. The molecule has 0 aliphatic heterocycles. The zero-order valence-corrected chi connectivity index (χ0v) is 24.0. The Morgan fingerprint density at radius 3 is 1.05 bits per heavy atom. The summed E-state index contributed by atoms with van der Waals surface area (Å²) in [4.78, 5) is 32.6. The summed E-state index contributed by atoms with van der Waals surface area (Å²) in [5.41, 5.74) is 7.43. The number of Topliss-reactive ketones (excluding diaryl/α,β-unsaturated/α-hetero) is 2. The number of carbonyl (C=O) groups is 2. The van der Waals surface area contributed by atoms with Gasteiger partial charge >= 0.3 is 0 Å². The molecule has 0 bridgehead atoms. The van der Waals surface area contributed by atoms with E-state index in [0.29, 0.717) is 49.7 Å². The number of rotatable bonds is 14. The molecule has 3 heteroatoms. The average Bonchev–Trinajstić information content (AvgIpc) is 3.06. The Hall–Kier alpha value is -4.63. The van der Waals surface area contributed by atoms with Gasteiger partial charge in [-0.15, -0.1) is 0 Å². The third kappa shape index (κ3) is 8.20.